The van der Waals surface area contributed by atoms with Crippen molar-refractivity contribution in [3.8, 4) is 11.1 Å². The Morgan fingerprint density at radius 3 is 2.67 bits per heavy atom. The highest BCUT2D eigenvalue weighted by Crippen LogP contribution is 2.42. The van der Waals surface area contributed by atoms with Crippen LogP contribution in [0.15, 0.2) is 47.4 Å². The van der Waals surface area contributed by atoms with E-state index < -0.39 is 10.0 Å². The number of carbonyl (C=O) groups is 1. The van der Waals surface area contributed by atoms with Gasteiger partial charge in [-0.3, -0.25) is 9.10 Å². The van der Waals surface area contributed by atoms with Crippen molar-refractivity contribution in [3.05, 3.63) is 48.0 Å². The van der Waals surface area contributed by atoms with Gasteiger partial charge < -0.3 is 10.1 Å². The first-order chi connectivity index (χ1) is 11.5. The molecule has 0 aromatic heterocycles. The van der Waals surface area contributed by atoms with Crippen molar-refractivity contribution in [3.63, 3.8) is 0 Å². The maximum atomic E-state index is 12.6. The smallest absolute Gasteiger partial charge is 0.264 e. The number of nitrogens with one attached hydrogen (secondary N) is 1. The number of hydrogen-bond donors (Lipinski definition) is 1. The van der Waals surface area contributed by atoms with E-state index in [0.717, 1.165) is 5.56 Å². The third kappa shape index (κ3) is 2.65. The number of fused-ring (bicyclic) bond motifs is 3. The summed E-state index contributed by atoms with van der Waals surface area (Å²) < 4.78 is 31.3. The average Bonchev–Trinajstić information content (AvgIpc) is 2.60. The number of nitrogens with zero attached hydrogens (tertiary/aromatic N) is 1. The number of benzene rings is 2. The maximum absolute atomic E-state index is 12.6. The lowest BCUT2D eigenvalue weighted by molar-refractivity contribution is 0.0937. The van der Waals surface area contributed by atoms with Crippen molar-refractivity contribution in [2.24, 2.45) is 0 Å². The van der Waals surface area contributed by atoms with Crippen molar-refractivity contribution in [1.82, 2.24) is 5.32 Å². The summed E-state index contributed by atoms with van der Waals surface area (Å²) in [5.41, 5.74) is 2.37. The molecule has 0 unspecified atom stereocenters. The fourth-order valence-electron chi connectivity index (χ4n) is 2.73. The van der Waals surface area contributed by atoms with Crippen LogP contribution in [0.4, 0.5) is 5.69 Å². The first-order valence-corrected chi connectivity index (χ1v) is 8.90. The molecule has 0 fully saturated rings. The Labute approximate surface area is 141 Å². The second kappa shape index (κ2) is 6.26. The normalized spacial score (nSPS) is 14.7. The Morgan fingerprint density at radius 2 is 1.92 bits per heavy atom. The molecule has 3 rings (SSSR count). The van der Waals surface area contributed by atoms with Crippen LogP contribution in [-0.4, -0.2) is 41.6 Å². The van der Waals surface area contributed by atoms with Crippen LogP contribution in [0.2, 0.25) is 0 Å². The van der Waals surface area contributed by atoms with E-state index in [4.69, 9.17) is 4.74 Å². The Kier molecular flexibility index (Phi) is 4.29. The van der Waals surface area contributed by atoms with Crippen molar-refractivity contribution in [2.75, 3.05) is 31.6 Å². The molecule has 0 aliphatic carbocycles. The molecule has 24 heavy (non-hydrogen) atoms. The van der Waals surface area contributed by atoms with E-state index >= 15 is 0 Å². The molecule has 0 bridgehead atoms. The first kappa shape index (κ1) is 16.5. The van der Waals surface area contributed by atoms with Gasteiger partial charge in [-0.1, -0.05) is 18.2 Å². The molecule has 1 heterocycles. The average molecular weight is 346 g/mol. The summed E-state index contributed by atoms with van der Waals surface area (Å²) in [6.07, 6.45) is 0. The van der Waals surface area contributed by atoms with Crippen LogP contribution in [0.3, 0.4) is 0 Å². The Bertz CT molecular complexity index is 893. The van der Waals surface area contributed by atoms with Gasteiger partial charge in [-0.2, -0.15) is 0 Å². The fourth-order valence-corrected chi connectivity index (χ4v) is 4.15. The van der Waals surface area contributed by atoms with E-state index in [0.29, 0.717) is 30.0 Å². The minimum Gasteiger partial charge on any atom is -0.383 e. The Morgan fingerprint density at radius 1 is 1.17 bits per heavy atom. The van der Waals surface area contributed by atoms with Gasteiger partial charge >= 0.3 is 0 Å². The van der Waals surface area contributed by atoms with Crippen molar-refractivity contribution >= 4 is 21.6 Å². The monoisotopic (exact) mass is 346 g/mol. The molecule has 2 aromatic carbocycles. The molecule has 7 heteroatoms. The first-order valence-electron chi connectivity index (χ1n) is 7.46. The summed E-state index contributed by atoms with van der Waals surface area (Å²) in [5.74, 6) is -0.219. The van der Waals surface area contributed by atoms with E-state index in [1.165, 1.54) is 11.4 Å². The minimum atomic E-state index is -3.57. The summed E-state index contributed by atoms with van der Waals surface area (Å²) in [5, 5.41) is 2.76. The van der Waals surface area contributed by atoms with Crippen LogP contribution in [-0.2, 0) is 14.8 Å². The van der Waals surface area contributed by atoms with Gasteiger partial charge in [0, 0.05) is 37.4 Å². The van der Waals surface area contributed by atoms with E-state index in [9.17, 15) is 13.2 Å². The van der Waals surface area contributed by atoms with Crippen molar-refractivity contribution in [2.45, 2.75) is 4.90 Å². The van der Waals surface area contributed by atoms with Gasteiger partial charge in [0.05, 0.1) is 17.2 Å². The van der Waals surface area contributed by atoms with Gasteiger partial charge in [0.15, 0.2) is 0 Å². The second-order valence-electron chi connectivity index (χ2n) is 5.45. The molecule has 2 aromatic rings. The van der Waals surface area contributed by atoms with Crippen LogP contribution in [0.25, 0.3) is 11.1 Å². The van der Waals surface area contributed by atoms with Crippen LogP contribution in [0, 0.1) is 0 Å². The summed E-state index contributed by atoms with van der Waals surface area (Å²) in [7, 11) is -0.485. The van der Waals surface area contributed by atoms with Crippen LogP contribution < -0.4 is 9.62 Å². The number of rotatable bonds is 4. The van der Waals surface area contributed by atoms with Gasteiger partial charge in [0.2, 0.25) is 0 Å². The quantitative estimate of drug-likeness (QED) is 0.858. The lowest BCUT2D eigenvalue weighted by atomic mass is 10.00. The summed E-state index contributed by atoms with van der Waals surface area (Å²) >= 11 is 0. The number of hydrogen-bond acceptors (Lipinski definition) is 4. The third-order valence-corrected chi connectivity index (χ3v) is 5.83. The highest BCUT2D eigenvalue weighted by molar-refractivity contribution is 7.93. The minimum absolute atomic E-state index is 0.219. The molecule has 126 valence electrons. The molecular weight excluding hydrogens is 328 g/mol. The molecule has 1 aliphatic rings. The summed E-state index contributed by atoms with van der Waals surface area (Å²) in [4.78, 5) is 12.5. The largest absolute Gasteiger partial charge is 0.383 e. The van der Waals surface area contributed by atoms with E-state index in [2.05, 4.69) is 5.32 Å². The molecular formula is C17H18N2O4S. The van der Waals surface area contributed by atoms with Crippen LogP contribution in [0.5, 0.6) is 0 Å². The van der Waals surface area contributed by atoms with Gasteiger partial charge in [-0.05, 0) is 24.3 Å². The van der Waals surface area contributed by atoms with E-state index in [-0.39, 0.29) is 10.8 Å². The van der Waals surface area contributed by atoms with Crippen LogP contribution >= 0.6 is 0 Å². The molecule has 1 aliphatic heterocycles. The highest BCUT2D eigenvalue weighted by atomic mass is 32.2. The molecule has 0 atom stereocenters. The fraction of sp³-hybridized carbons (Fsp3) is 0.235. The van der Waals surface area contributed by atoms with E-state index in [1.54, 1.807) is 49.6 Å². The third-order valence-electron chi connectivity index (χ3n) is 4.01. The second-order valence-corrected chi connectivity index (χ2v) is 7.39. The SMILES string of the molecule is COCCNC(=O)c1ccc2c(c1)-c1ccccc1S(=O)(=O)N2C. The zero-order valence-electron chi connectivity index (χ0n) is 13.4. The zero-order valence-corrected chi connectivity index (χ0v) is 14.3. The molecule has 6 nitrogen and oxygen atoms in total. The Hall–Kier alpha value is -2.38. The molecule has 1 N–H and O–H groups in total. The summed E-state index contributed by atoms with van der Waals surface area (Å²) in [6, 6.07) is 11.8. The number of sulfonamides is 1. The molecule has 0 saturated heterocycles. The van der Waals surface area contributed by atoms with Gasteiger partial charge in [0.25, 0.3) is 15.9 Å². The van der Waals surface area contributed by atoms with Gasteiger partial charge in [0.1, 0.15) is 0 Å². The predicted molar refractivity (Wildman–Crippen MR) is 91.7 cm³/mol. The maximum Gasteiger partial charge on any atom is 0.264 e. The zero-order chi connectivity index (χ0) is 17.3. The topological polar surface area (TPSA) is 75.7 Å². The standard InChI is InChI=1S/C17H18N2O4S/c1-19-15-8-7-12(17(20)18-9-10-23-2)11-14(15)13-5-3-4-6-16(13)24(19,21)22/h3-8,11H,9-10H2,1-2H3,(H,18,20). The van der Waals surface area contributed by atoms with Gasteiger partial charge in [-0.15, -0.1) is 0 Å². The number of anilines is 1. The number of methoxy groups -OCH3 is 1. The lowest BCUT2D eigenvalue weighted by Gasteiger charge is -2.29. The van der Waals surface area contributed by atoms with Crippen LogP contribution in [0.1, 0.15) is 10.4 Å². The number of carbonyl (C=O) groups excluding carboxylic acids is 1. The van der Waals surface area contributed by atoms with E-state index in [1.807, 2.05) is 0 Å². The number of amides is 1. The van der Waals surface area contributed by atoms with Crippen molar-refractivity contribution < 1.29 is 17.9 Å². The highest BCUT2D eigenvalue weighted by Gasteiger charge is 2.32. The molecule has 1 amide bonds. The number of ether oxygens (including phenoxy) is 1. The molecule has 0 saturated carbocycles. The van der Waals surface area contributed by atoms with Gasteiger partial charge in [-0.25, -0.2) is 8.42 Å². The lowest BCUT2D eigenvalue weighted by Crippen LogP contribution is -2.31. The summed E-state index contributed by atoms with van der Waals surface area (Å²) in [6.45, 7) is 0.845. The van der Waals surface area contributed by atoms with Crippen molar-refractivity contribution in [1.29, 1.82) is 0 Å². The molecule has 0 radical (unpaired) electrons. The predicted octanol–water partition coefficient (Wildman–Crippen LogP) is 1.87. The molecule has 0 spiro atoms. The Balaban J connectivity index is 2.06.